The third-order valence-electron chi connectivity index (χ3n) is 7.08. The fourth-order valence-electron chi connectivity index (χ4n) is 4.97. The van der Waals surface area contributed by atoms with Crippen molar-refractivity contribution in [2.75, 3.05) is 20.1 Å². The van der Waals surface area contributed by atoms with Gasteiger partial charge in [0.25, 0.3) is 5.91 Å². The van der Waals surface area contributed by atoms with Crippen LogP contribution in [0.15, 0.2) is 18.7 Å². The standard InChI is InChI=1S/C27H47N3O5/c1-2-3-4-5-6-7-8-9-10-11-12-13-14-15-16-29-27(31)26-25-24(33-22-35-26)23(32-21-34-25)19-30-18-17-28-20-30/h17-18,20,23-26H,2-16,19,21-22H2,1H3,(H,29,31)/t23-,24-,25+,26-/m1/s1. The molecule has 35 heavy (non-hydrogen) atoms. The number of ether oxygens (including phenoxy) is 4. The first-order chi connectivity index (χ1) is 17.3. The van der Waals surface area contributed by atoms with Gasteiger partial charge in [0.1, 0.15) is 31.9 Å². The van der Waals surface area contributed by atoms with Crippen molar-refractivity contribution in [3.8, 4) is 0 Å². The molecule has 2 aliphatic rings. The fourth-order valence-corrected chi connectivity index (χ4v) is 4.97. The van der Waals surface area contributed by atoms with Gasteiger partial charge in [-0.1, -0.05) is 90.4 Å². The molecule has 3 heterocycles. The topological polar surface area (TPSA) is 83.8 Å². The minimum atomic E-state index is -0.672. The van der Waals surface area contributed by atoms with E-state index in [1.165, 1.54) is 77.0 Å². The minimum absolute atomic E-state index is 0.0608. The molecule has 1 aromatic heterocycles. The van der Waals surface area contributed by atoms with Crippen LogP contribution in [0.3, 0.4) is 0 Å². The molecule has 0 aliphatic carbocycles. The lowest BCUT2D eigenvalue weighted by atomic mass is 9.99. The summed E-state index contributed by atoms with van der Waals surface area (Å²) in [6.07, 6.45) is 22.2. The summed E-state index contributed by atoms with van der Waals surface area (Å²) in [5.41, 5.74) is 0. The molecule has 1 amide bonds. The third-order valence-corrected chi connectivity index (χ3v) is 7.08. The first-order valence-corrected chi connectivity index (χ1v) is 14.0. The van der Waals surface area contributed by atoms with Crippen molar-refractivity contribution in [2.45, 2.75) is 128 Å². The lowest BCUT2D eigenvalue weighted by Gasteiger charge is -2.43. The van der Waals surface area contributed by atoms with Crippen LogP contribution in [-0.2, 0) is 30.3 Å². The van der Waals surface area contributed by atoms with Crippen LogP contribution >= 0.6 is 0 Å². The number of carbonyl (C=O) groups is 1. The number of carbonyl (C=O) groups excluding carboxylic acids is 1. The lowest BCUT2D eigenvalue weighted by molar-refractivity contribution is -0.318. The Morgan fingerprint density at radius 3 is 2.06 bits per heavy atom. The number of fused-ring (bicyclic) bond motifs is 1. The third kappa shape index (κ3) is 10.2. The number of hydrogen-bond acceptors (Lipinski definition) is 6. The van der Waals surface area contributed by atoms with Gasteiger partial charge in [0.05, 0.1) is 12.9 Å². The van der Waals surface area contributed by atoms with Crippen LogP contribution in [0, 0.1) is 0 Å². The highest BCUT2D eigenvalue weighted by Gasteiger charge is 2.47. The molecule has 2 saturated heterocycles. The Kier molecular flexibility index (Phi) is 13.7. The summed E-state index contributed by atoms with van der Waals surface area (Å²) >= 11 is 0. The molecule has 0 aromatic carbocycles. The van der Waals surface area contributed by atoms with E-state index in [9.17, 15) is 4.79 Å². The first-order valence-electron chi connectivity index (χ1n) is 14.0. The molecule has 2 fully saturated rings. The summed E-state index contributed by atoms with van der Waals surface area (Å²) in [6.45, 7) is 3.72. The van der Waals surface area contributed by atoms with Crippen molar-refractivity contribution in [1.29, 1.82) is 0 Å². The number of nitrogens with zero attached hydrogens (tertiary/aromatic N) is 2. The maximum absolute atomic E-state index is 12.8. The molecule has 200 valence electrons. The maximum atomic E-state index is 12.8. The molecule has 0 spiro atoms. The first kappa shape index (κ1) is 28.1. The summed E-state index contributed by atoms with van der Waals surface area (Å²) in [7, 11) is 0. The van der Waals surface area contributed by atoms with E-state index in [1.807, 2.05) is 10.8 Å². The van der Waals surface area contributed by atoms with Crippen LogP contribution in [0.4, 0.5) is 0 Å². The monoisotopic (exact) mass is 493 g/mol. The number of hydrogen-bond donors (Lipinski definition) is 1. The summed E-state index contributed by atoms with van der Waals surface area (Å²) in [5.74, 6) is -0.124. The van der Waals surface area contributed by atoms with Gasteiger partial charge in [-0.25, -0.2) is 4.98 Å². The number of amides is 1. The van der Waals surface area contributed by atoms with Gasteiger partial charge in [-0.3, -0.25) is 4.79 Å². The zero-order chi connectivity index (χ0) is 24.6. The van der Waals surface area contributed by atoms with E-state index >= 15 is 0 Å². The normalized spacial score (nSPS) is 24.3. The Morgan fingerprint density at radius 1 is 0.829 bits per heavy atom. The second-order valence-corrected chi connectivity index (χ2v) is 9.94. The number of unbranched alkanes of at least 4 members (excludes halogenated alkanes) is 13. The van der Waals surface area contributed by atoms with Crippen LogP contribution < -0.4 is 5.32 Å². The Hall–Kier alpha value is -1.48. The number of nitrogens with one attached hydrogen (secondary N) is 1. The Balaban J connectivity index is 1.20. The molecule has 1 N–H and O–H groups in total. The van der Waals surface area contributed by atoms with Gasteiger partial charge in [0.15, 0.2) is 6.10 Å². The Labute approximate surface area is 211 Å². The predicted octanol–water partition coefficient (Wildman–Crippen LogP) is 4.96. The minimum Gasteiger partial charge on any atom is -0.354 e. The van der Waals surface area contributed by atoms with Gasteiger partial charge >= 0.3 is 0 Å². The average Bonchev–Trinajstić information content (AvgIpc) is 3.39. The van der Waals surface area contributed by atoms with Gasteiger partial charge in [0.2, 0.25) is 0 Å². The molecule has 8 nitrogen and oxygen atoms in total. The van der Waals surface area contributed by atoms with E-state index in [0.717, 1.165) is 12.8 Å². The van der Waals surface area contributed by atoms with Gasteiger partial charge in [-0.2, -0.15) is 0 Å². The smallest absolute Gasteiger partial charge is 0.252 e. The van der Waals surface area contributed by atoms with Crippen molar-refractivity contribution in [1.82, 2.24) is 14.9 Å². The van der Waals surface area contributed by atoms with Crippen molar-refractivity contribution in [3.63, 3.8) is 0 Å². The zero-order valence-electron chi connectivity index (χ0n) is 21.7. The van der Waals surface area contributed by atoms with Gasteiger partial charge in [0, 0.05) is 18.9 Å². The van der Waals surface area contributed by atoms with Gasteiger partial charge in [-0.05, 0) is 6.42 Å². The highest BCUT2D eigenvalue weighted by molar-refractivity contribution is 5.81. The molecule has 2 aliphatic heterocycles. The van der Waals surface area contributed by atoms with Crippen LogP contribution in [0.2, 0.25) is 0 Å². The molecule has 0 radical (unpaired) electrons. The maximum Gasteiger partial charge on any atom is 0.252 e. The summed E-state index contributed by atoms with van der Waals surface area (Å²) in [6, 6.07) is 0. The second kappa shape index (κ2) is 17.1. The quantitative estimate of drug-likeness (QED) is 0.291. The van der Waals surface area contributed by atoms with Crippen molar-refractivity contribution >= 4 is 5.91 Å². The van der Waals surface area contributed by atoms with E-state index in [1.54, 1.807) is 12.5 Å². The molecule has 0 saturated carbocycles. The number of aromatic nitrogens is 2. The Bertz CT molecular complexity index is 672. The highest BCUT2D eigenvalue weighted by Crippen LogP contribution is 2.27. The number of imidazole rings is 1. The zero-order valence-corrected chi connectivity index (χ0v) is 21.7. The highest BCUT2D eigenvalue weighted by atomic mass is 16.8. The fraction of sp³-hybridized carbons (Fsp3) is 0.852. The van der Waals surface area contributed by atoms with Crippen LogP contribution in [0.1, 0.15) is 96.8 Å². The Morgan fingerprint density at radius 2 is 1.43 bits per heavy atom. The molecule has 4 atom stereocenters. The van der Waals surface area contributed by atoms with E-state index in [2.05, 4.69) is 17.2 Å². The molecular formula is C27H47N3O5. The SMILES string of the molecule is CCCCCCCCCCCCCCCCNC(=O)[C@@H]1OCO[C@H]2[C@@H]1OCO[C@@H]2Cn1ccnc1. The number of rotatable bonds is 18. The molecule has 1 aromatic rings. The van der Waals surface area contributed by atoms with Crippen molar-refractivity contribution < 1.29 is 23.7 Å². The summed E-state index contributed by atoms with van der Waals surface area (Å²) in [4.78, 5) is 16.9. The molecule has 0 unspecified atom stereocenters. The van der Waals surface area contributed by atoms with Crippen LogP contribution in [-0.4, -0.2) is 60.0 Å². The second-order valence-electron chi connectivity index (χ2n) is 9.94. The van der Waals surface area contributed by atoms with Gasteiger partial charge in [-0.15, -0.1) is 0 Å². The predicted molar refractivity (Wildman–Crippen MR) is 135 cm³/mol. The molecule has 3 rings (SSSR count). The lowest BCUT2D eigenvalue weighted by Crippen LogP contribution is -2.61. The van der Waals surface area contributed by atoms with Crippen LogP contribution in [0.5, 0.6) is 0 Å². The van der Waals surface area contributed by atoms with Crippen molar-refractivity contribution in [2.24, 2.45) is 0 Å². The van der Waals surface area contributed by atoms with E-state index in [0.29, 0.717) is 13.1 Å². The van der Waals surface area contributed by atoms with Gasteiger partial charge < -0.3 is 28.8 Å². The largest absolute Gasteiger partial charge is 0.354 e. The van der Waals surface area contributed by atoms with Crippen LogP contribution in [0.25, 0.3) is 0 Å². The summed E-state index contributed by atoms with van der Waals surface area (Å²) < 4.78 is 24.8. The van der Waals surface area contributed by atoms with Crippen molar-refractivity contribution in [3.05, 3.63) is 18.7 Å². The molecule has 8 heteroatoms. The molecule has 0 bridgehead atoms. The average molecular weight is 494 g/mol. The van der Waals surface area contributed by atoms with E-state index < -0.39 is 12.2 Å². The molecular weight excluding hydrogens is 446 g/mol. The van der Waals surface area contributed by atoms with E-state index in [-0.39, 0.29) is 31.7 Å². The summed E-state index contributed by atoms with van der Waals surface area (Å²) in [5, 5.41) is 3.03. The van der Waals surface area contributed by atoms with E-state index in [4.69, 9.17) is 18.9 Å².